The topological polar surface area (TPSA) is 102 Å². The number of amides is 1. The Morgan fingerprint density at radius 1 is 1.21 bits per heavy atom. The molecule has 6 rings (SSSR count). The van der Waals surface area contributed by atoms with Crippen molar-refractivity contribution < 1.29 is 19.4 Å². The van der Waals surface area contributed by atoms with Crippen molar-refractivity contribution in [3.8, 4) is 5.69 Å². The van der Waals surface area contributed by atoms with E-state index in [4.69, 9.17) is 9.47 Å². The third kappa shape index (κ3) is 5.22. The number of nitrogens with zero attached hydrogens (tertiary/aromatic N) is 4. The number of carbonyl (C=O) groups excluding carboxylic acids is 1. The molecule has 1 aliphatic carbocycles. The van der Waals surface area contributed by atoms with Crippen LogP contribution in [-0.4, -0.2) is 74.7 Å². The van der Waals surface area contributed by atoms with Gasteiger partial charge >= 0.3 is 0 Å². The predicted molar refractivity (Wildman–Crippen MR) is 148 cm³/mol. The summed E-state index contributed by atoms with van der Waals surface area (Å²) in [7, 11) is 0. The molecule has 3 aliphatic rings. The maximum absolute atomic E-state index is 11.7. The van der Waals surface area contributed by atoms with Gasteiger partial charge in [-0.05, 0) is 58.6 Å². The van der Waals surface area contributed by atoms with Crippen molar-refractivity contribution in [1.29, 1.82) is 0 Å². The molecule has 2 aliphatic heterocycles. The second kappa shape index (κ2) is 11.0. The third-order valence-corrected chi connectivity index (χ3v) is 8.65. The lowest BCUT2D eigenvalue weighted by Gasteiger charge is -2.31. The van der Waals surface area contributed by atoms with Crippen molar-refractivity contribution in [1.82, 2.24) is 25.0 Å². The Balaban J connectivity index is 1.06. The Labute approximate surface area is 233 Å². The molecular weight excluding hydrogens is 570 g/mol. The van der Waals surface area contributed by atoms with Crippen LogP contribution in [0.2, 0.25) is 0 Å². The van der Waals surface area contributed by atoms with Crippen LogP contribution in [0.3, 0.4) is 0 Å². The number of fused-ring (bicyclic) bond motifs is 1. The first kappa shape index (κ1) is 25.8. The molecule has 2 fully saturated rings. The molecular formula is C27H30BrN5O4S. The zero-order valence-electron chi connectivity index (χ0n) is 21.0. The summed E-state index contributed by atoms with van der Waals surface area (Å²) in [5.41, 5.74) is 3.10. The Bertz CT molecular complexity index is 1380. The lowest BCUT2D eigenvalue weighted by Crippen LogP contribution is -2.45. The Kier molecular flexibility index (Phi) is 7.45. The molecule has 1 saturated heterocycles. The molecule has 0 spiro atoms. The predicted octanol–water partition coefficient (Wildman–Crippen LogP) is 3.94. The molecule has 1 amide bonds. The lowest BCUT2D eigenvalue weighted by atomic mass is 9.99. The summed E-state index contributed by atoms with van der Waals surface area (Å²) in [6.07, 6.45) is 3.45. The molecule has 38 heavy (non-hydrogen) atoms. The Hall–Kier alpha value is -2.44. The monoisotopic (exact) mass is 599 g/mol. The maximum atomic E-state index is 11.7. The van der Waals surface area contributed by atoms with Gasteiger partial charge in [0.05, 0.1) is 31.7 Å². The molecule has 3 aromatic rings. The average Bonchev–Trinajstić information content (AvgIpc) is 3.61. The fourth-order valence-corrected chi connectivity index (χ4v) is 6.45. The highest BCUT2D eigenvalue weighted by Crippen LogP contribution is 2.44. The van der Waals surface area contributed by atoms with Crippen LogP contribution in [-0.2, 0) is 14.3 Å². The number of aromatic nitrogens is 3. The van der Waals surface area contributed by atoms with Gasteiger partial charge in [-0.25, -0.2) is 0 Å². The molecule has 0 bridgehead atoms. The van der Waals surface area contributed by atoms with Crippen molar-refractivity contribution in [3.05, 3.63) is 58.5 Å². The van der Waals surface area contributed by atoms with Crippen molar-refractivity contribution in [2.24, 2.45) is 0 Å². The minimum absolute atomic E-state index is 0.0801. The highest BCUT2D eigenvalue weighted by atomic mass is 79.9. The van der Waals surface area contributed by atoms with Crippen LogP contribution in [0.15, 0.2) is 58.1 Å². The number of carbonyl (C=O) groups is 1. The minimum atomic E-state index is -0.620. The SMILES string of the molecule is CC1=CN(C2CC(O)C(COCCSc3nnc(Br)n3-c3ccc(C4CC4)c4ccccc34)O2)CNC1=O. The van der Waals surface area contributed by atoms with Gasteiger partial charge in [0.25, 0.3) is 0 Å². The molecule has 1 saturated carbocycles. The summed E-state index contributed by atoms with van der Waals surface area (Å²) in [6.45, 7) is 2.90. The van der Waals surface area contributed by atoms with Crippen molar-refractivity contribution in [2.75, 3.05) is 25.6 Å². The summed E-state index contributed by atoms with van der Waals surface area (Å²) in [5, 5.41) is 25.2. The number of hydrogen-bond acceptors (Lipinski definition) is 8. The summed E-state index contributed by atoms with van der Waals surface area (Å²) in [6, 6.07) is 13.0. The summed E-state index contributed by atoms with van der Waals surface area (Å²) in [5.74, 6) is 1.27. The van der Waals surface area contributed by atoms with E-state index >= 15 is 0 Å². The highest BCUT2D eigenvalue weighted by molar-refractivity contribution is 9.10. The summed E-state index contributed by atoms with van der Waals surface area (Å²) < 4.78 is 14.6. The van der Waals surface area contributed by atoms with Gasteiger partial charge in [0, 0.05) is 29.3 Å². The number of halogens is 1. The fourth-order valence-electron chi connectivity index (χ4n) is 5.10. The molecule has 11 heteroatoms. The van der Waals surface area contributed by atoms with Crippen LogP contribution in [0.1, 0.15) is 37.7 Å². The van der Waals surface area contributed by atoms with Crippen LogP contribution in [0.5, 0.6) is 0 Å². The molecule has 0 radical (unpaired) electrons. The first-order valence-electron chi connectivity index (χ1n) is 12.9. The zero-order valence-corrected chi connectivity index (χ0v) is 23.5. The number of rotatable bonds is 9. The number of aliphatic hydroxyl groups is 1. The van der Waals surface area contributed by atoms with Gasteiger partial charge in [0.1, 0.15) is 12.3 Å². The standard InChI is InChI=1S/C27H30BrN5O4S/c1-16-13-32(15-29-25(16)35)24-12-22(34)23(37-24)14-36-10-11-38-27-31-30-26(28)33(27)21-9-8-18(17-6-7-17)19-4-2-3-5-20(19)21/h2-5,8-9,13,17,22-24,34H,6-7,10-12,14-15H2,1H3,(H,29,35). The molecule has 200 valence electrons. The van der Waals surface area contributed by atoms with Gasteiger partial charge in [-0.15, -0.1) is 10.2 Å². The molecule has 9 nitrogen and oxygen atoms in total. The number of thioether (sulfide) groups is 1. The van der Waals surface area contributed by atoms with Gasteiger partial charge in [0.15, 0.2) is 5.16 Å². The van der Waals surface area contributed by atoms with E-state index in [1.54, 1.807) is 24.9 Å². The fraction of sp³-hybridized carbons (Fsp3) is 0.444. The number of benzene rings is 2. The highest BCUT2D eigenvalue weighted by Gasteiger charge is 2.37. The summed E-state index contributed by atoms with van der Waals surface area (Å²) >= 11 is 5.16. The van der Waals surface area contributed by atoms with E-state index < -0.39 is 12.2 Å². The van der Waals surface area contributed by atoms with Gasteiger partial charge in [0.2, 0.25) is 10.6 Å². The molecule has 3 heterocycles. The normalized spacial score (nSPS) is 23.7. The largest absolute Gasteiger partial charge is 0.390 e. The Morgan fingerprint density at radius 2 is 2.03 bits per heavy atom. The summed E-state index contributed by atoms with van der Waals surface area (Å²) in [4.78, 5) is 13.6. The van der Waals surface area contributed by atoms with E-state index in [2.05, 4.69) is 67.8 Å². The van der Waals surface area contributed by atoms with E-state index in [0.29, 0.717) is 48.3 Å². The van der Waals surface area contributed by atoms with E-state index in [-0.39, 0.29) is 12.1 Å². The number of aliphatic hydroxyl groups excluding tert-OH is 1. The molecule has 2 aromatic carbocycles. The second-order valence-corrected chi connectivity index (χ2v) is 11.7. The molecule has 3 unspecified atom stereocenters. The first-order valence-corrected chi connectivity index (χ1v) is 14.7. The quantitative estimate of drug-likeness (QED) is 0.282. The second-order valence-electron chi connectivity index (χ2n) is 9.93. The van der Waals surface area contributed by atoms with E-state index in [9.17, 15) is 9.90 Å². The average molecular weight is 601 g/mol. The maximum Gasteiger partial charge on any atom is 0.249 e. The lowest BCUT2D eigenvalue weighted by molar-refractivity contribution is -0.121. The van der Waals surface area contributed by atoms with E-state index in [0.717, 1.165) is 10.8 Å². The van der Waals surface area contributed by atoms with E-state index in [1.165, 1.54) is 29.2 Å². The van der Waals surface area contributed by atoms with Gasteiger partial charge in [-0.1, -0.05) is 42.1 Å². The van der Waals surface area contributed by atoms with Gasteiger partial charge in [-0.2, -0.15) is 0 Å². The van der Waals surface area contributed by atoms with Crippen LogP contribution in [0.25, 0.3) is 16.5 Å². The van der Waals surface area contributed by atoms with Crippen LogP contribution < -0.4 is 5.32 Å². The van der Waals surface area contributed by atoms with E-state index in [1.807, 2.05) is 9.47 Å². The zero-order chi connectivity index (χ0) is 26.2. The van der Waals surface area contributed by atoms with Crippen LogP contribution in [0.4, 0.5) is 0 Å². The molecule has 2 N–H and O–H groups in total. The smallest absolute Gasteiger partial charge is 0.249 e. The first-order chi connectivity index (χ1) is 18.5. The number of nitrogens with one attached hydrogen (secondary N) is 1. The van der Waals surface area contributed by atoms with Crippen molar-refractivity contribution in [2.45, 2.75) is 55.7 Å². The number of hydrogen-bond donors (Lipinski definition) is 2. The van der Waals surface area contributed by atoms with Crippen LogP contribution >= 0.6 is 27.7 Å². The number of ether oxygens (including phenoxy) is 2. The molecule has 3 atom stereocenters. The van der Waals surface area contributed by atoms with Crippen LogP contribution in [0, 0.1) is 0 Å². The van der Waals surface area contributed by atoms with Crippen molar-refractivity contribution >= 4 is 44.4 Å². The minimum Gasteiger partial charge on any atom is -0.390 e. The Morgan fingerprint density at radius 3 is 2.82 bits per heavy atom. The van der Waals surface area contributed by atoms with Gasteiger partial charge in [-0.3, -0.25) is 9.36 Å². The van der Waals surface area contributed by atoms with Crippen molar-refractivity contribution in [3.63, 3.8) is 0 Å². The molecule has 1 aromatic heterocycles. The van der Waals surface area contributed by atoms with Gasteiger partial charge < -0.3 is 24.8 Å². The third-order valence-electron chi connectivity index (χ3n) is 7.24.